The van der Waals surface area contributed by atoms with E-state index in [2.05, 4.69) is 54.6 Å². The molecule has 1 aliphatic carbocycles. The Morgan fingerprint density at radius 3 is 2.94 bits per heavy atom. The van der Waals surface area contributed by atoms with Crippen LogP contribution in [0.3, 0.4) is 0 Å². The maximum Gasteiger partial charge on any atom is 0.138 e. The van der Waals surface area contributed by atoms with Gasteiger partial charge in [-0.2, -0.15) is 0 Å². The number of fused-ring (bicyclic) bond motifs is 1. The number of aromatic nitrogens is 2. The molecule has 3 rings (SSSR count). The van der Waals surface area contributed by atoms with Gasteiger partial charge < -0.3 is 4.90 Å². The molecule has 96 valence electrons. The molecule has 0 unspecified atom stereocenters. The normalized spacial score (nSPS) is 16.5. The third-order valence-corrected chi connectivity index (χ3v) is 4.15. The van der Waals surface area contributed by atoms with E-state index < -0.39 is 0 Å². The number of alkyl halides is 1. The maximum atomic E-state index is 4.37. The highest BCUT2D eigenvalue weighted by Gasteiger charge is 2.23. The Kier molecular flexibility index (Phi) is 3.55. The first-order chi connectivity index (χ1) is 8.90. The van der Waals surface area contributed by atoms with Crippen molar-refractivity contribution >= 4 is 27.4 Å². The van der Waals surface area contributed by atoms with E-state index in [-0.39, 0.29) is 0 Å². The maximum absolute atomic E-state index is 4.37. The summed E-state index contributed by atoms with van der Waals surface area (Å²) in [5.41, 5.74) is 1.03. The minimum atomic E-state index is 0.690. The van der Waals surface area contributed by atoms with Crippen molar-refractivity contribution in [2.75, 3.05) is 16.8 Å². The first-order valence-corrected chi connectivity index (χ1v) is 7.77. The summed E-state index contributed by atoms with van der Waals surface area (Å²) >= 11 is 3.58. The molecule has 2 aromatic heterocycles. The van der Waals surface area contributed by atoms with Crippen LogP contribution in [0.1, 0.15) is 25.7 Å². The van der Waals surface area contributed by atoms with E-state index in [1.54, 1.807) is 0 Å². The second-order valence-electron chi connectivity index (χ2n) is 4.86. The number of halogens is 1. The molecule has 0 saturated heterocycles. The second-order valence-corrected chi connectivity index (χ2v) is 5.65. The number of rotatable bonds is 4. The molecule has 0 atom stereocenters. The lowest BCUT2D eigenvalue weighted by atomic mass is 10.2. The molecule has 0 radical (unpaired) electrons. The summed E-state index contributed by atoms with van der Waals surface area (Å²) in [5.74, 6) is 1.27. The van der Waals surface area contributed by atoms with E-state index in [0.29, 0.717) is 6.04 Å². The minimum absolute atomic E-state index is 0.690. The highest BCUT2D eigenvalue weighted by Crippen LogP contribution is 2.28. The molecule has 2 heterocycles. The SMILES string of the molecule is BrCCN(c1cccc2nccn12)C1CCCC1. The third kappa shape index (κ3) is 2.14. The summed E-state index contributed by atoms with van der Waals surface area (Å²) in [5, 5.41) is 1.01. The van der Waals surface area contributed by atoms with Crippen molar-refractivity contribution in [2.24, 2.45) is 0 Å². The molecule has 0 N–H and O–H groups in total. The summed E-state index contributed by atoms with van der Waals surface area (Å²) in [7, 11) is 0. The van der Waals surface area contributed by atoms with Gasteiger partial charge >= 0.3 is 0 Å². The van der Waals surface area contributed by atoms with E-state index in [4.69, 9.17) is 0 Å². The first kappa shape index (κ1) is 12.0. The Balaban J connectivity index is 2.00. The predicted molar refractivity (Wildman–Crippen MR) is 78.6 cm³/mol. The Hall–Kier alpha value is -1.03. The number of anilines is 1. The summed E-state index contributed by atoms with van der Waals surface area (Å²) < 4.78 is 2.20. The predicted octanol–water partition coefficient (Wildman–Crippen LogP) is 3.48. The first-order valence-electron chi connectivity index (χ1n) is 6.65. The smallest absolute Gasteiger partial charge is 0.138 e. The average molecular weight is 308 g/mol. The number of hydrogen-bond acceptors (Lipinski definition) is 2. The number of nitrogens with zero attached hydrogens (tertiary/aromatic N) is 3. The fourth-order valence-corrected chi connectivity index (χ4v) is 3.34. The molecule has 0 spiro atoms. The standard InChI is InChI=1S/C14H18BrN3/c15-8-10-17(12-4-1-2-5-12)14-7-3-6-13-16-9-11-18(13)14/h3,6-7,9,11-12H,1-2,4-5,8,10H2. The highest BCUT2D eigenvalue weighted by atomic mass is 79.9. The second kappa shape index (κ2) is 5.31. The monoisotopic (exact) mass is 307 g/mol. The molecule has 1 fully saturated rings. The topological polar surface area (TPSA) is 20.5 Å². The van der Waals surface area contributed by atoms with Gasteiger partial charge in [0.05, 0.1) is 0 Å². The summed E-state index contributed by atoms with van der Waals surface area (Å²) in [6.45, 7) is 1.06. The quantitative estimate of drug-likeness (QED) is 0.806. The zero-order chi connectivity index (χ0) is 12.4. The zero-order valence-corrected chi connectivity index (χ0v) is 12.0. The van der Waals surface area contributed by atoms with E-state index in [1.807, 2.05) is 6.20 Å². The van der Waals surface area contributed by atoms with Gasteiger partial charge in [-0.1, -0.05) is 34.8 Å². The highest BCUT2D eigenvalue weighted by molar-refractivity contribution is 9.09. The van der Waals surface area contributed by atoms with Crippen LogP contribution in [0.5, 0.6) is 0 Å². The molecule has 2 aromatic rings. The van der Waals surface area contributed by atoms with Crippen molar-refractivity contribution in [1.82, 2.24) is 9.38 Å². The van der Waals surface area contributed by atoms with Crippen LogP contribution in [-0.4, -0.2) is 27.3 Å². The molecule has 0 amide bonds. The molecular weight excluding hydrogens is 290 g/mol. The summed E-state index contributed by atoms with van der Waals surface area (Å²) in [4.78, 5) is 6.91. The van der Waals surface area contributed by atoms with Gasteiger partial charge in [-0.15, -0.1) is 0 Å². The van der Waals surface area contributed by atoms with E-state index in [0.717, 1.165) is 17.5 Å². The molecular formula is C14H18BrN3. The fraction of sp³-hybridized carbons (Fsp3) is 0.500. The molecule has 1 saturated carbocycles. The van der Waals surface area contributed by atoms with Gasteiger partial charge in [0, 0.05) is 30.3 Å². The van der Waals surface area contributed by atoms with E-state index in [9.17, 15) is 0 Å². The number of imidazole rings is 1. The van der Waals surface area contributed by atoms with Crippen molar-refractivity contribution in [1.29, 1.82) is 0 Å². The van der Waals surface area contributed by atoms with E-state index >= 15 is 0 Å². The van der Waals surface area contributed by atoms with Gasteiger partial charge in [0.25, 0.3) is 0 Å². The number of hydrogen-bond donors (Lipinski definition) is 0. The van der Waals surface area contributed by atoms with E-state index in [1.165, 1.54) is 31.5 Å². The van der Waals surface area contributed by atoms with Crippen LogP contribution >= 0.6 is 15.9 Å². The van der Waals surface area contributed by atoms with Gasteiger partial charge in [-0.3, -0.25) is 4.40 Å². The van der Waals surface area contributed by atoms with Crippen LogP contribution in [-0.2, 0) is 0 Å². The van der Waals surface area contributed by atoms with Crippen molar-refractivity contribution in [3.63, 3.8) is 0 Å². The average Bonchev–Trinajstić information content (AvgIpc) is 3.06. The zero-order valence-electron chi connectivity index (χ0n) is 10.4. The van der Waals surface area contributed by atoms with Crippen LogP contribution in [0.25, 0.3) is 5.65 Å². The largest absolute Gasteiger partial charge is 0.354 e. The lowest BCUT2D eigenvalue weighted by Gasteiger charge is -2.31. The van der Waals surface area contributed by atoms with Gasteiger partial charge in [0.2, 0.25) is 0 Å². The Morgan fingerprint density at radius 1 is 1.33 bits per heavy atom. The lowest BCUT2D eigenvalue weighted by Crippen LogP contribution is -2.36. The van der Waals surface area contributed by atoms with Crippen LogP contribution in [0.4, 0.5) is 5.82 Å². The molecule has 18 heavy (non-hydrogen) atoms. The molecule has 0 aromatic carbocycles. The minimum Gasteiger partial charge on any atom is -0.354 e. The van der Waals surface area contributed by atoms with Crippen LogP contribution in [0.2, 0.25) is 0 Å². The summed E-state index contributed by atoms with van der Waals surface area (Å²) in [6.07, 6.45) is 9.30. The van der Waals surface area contributed by atoms with Crippen molar-refractivity contribution in [2.45, 2.75) is 31.7 Å². The van der Waals surface area contributed by atoms with Crippen LogP contribution < -0.4 is 4.90 Å². The molecule has 0 bridgehead atoms. The van der Waals surface area contributed by atoms with Crippen molar-refractivity contribution in [3.05, 3.63) is 30.6 Å². The molecule has 4 heteroatoms. The van der Waals surface area contributed by atoms with Crippen LogP contribution in [0, 0.1) is 0 Å². The van der Waals surface area contributed by atoms with Gasteiger partial charge in [-0.25, -0.2) is 4.98 Å². The molecule has 0 aliphatic heterocycles. The summed E-state index contributed by atoms with van der Waals surface area (Å²) in [6, 6.07) is 7.06. The van der Waals surface area contributed by atoms with Gasteiger partial charge in [-0.05, 0) is 25.0 Å². The van der Waals surface area contributed by atoms with Gasteiger partial charge in [0.15, 0.2) is 0 Å². The van der Waals surface area contributed by atoms with Crippen LogP contribution in [0.15, 0.2) is 30.6 Å². The Labute approximate surface area is 116 Å². The third-order valence-electron chi connectivity index (χ3n) is 3.79. The van der Waals surface area contributed by atoms with Crippen molar-refractivity contribution in [3.8, 4) is 0 Å². The van der Waals surface area contributed by atoms with Crippen molar-refractivity contribution < 1.29 is 0 Å². The number of pyridine rings is 1. The Morgan fingerprint density at radius 2 is 2.17 bits per heavy atom. The molecule has 3 nitrogen and oxygen atoms in total. The Bertz CT molecular complexity index is 516. The lowest BCUT2D eigenvalue weighted by molar-refractivity contribution is 0.613. The molecule has 1 aliphatic rings. The van der Waals surface area contributed by atoms with Gasteiger partial charge in [0.1, 0.15) is 11.5 Å². The fourth-order valence-electron chi connectivity index (χ4n) is 2.96.